The molecule has 1 N–H and O–H groups in total. The zero-order chi connectivity index (χ0) is 14.8. The summed E-state index contributed by atoms with van der Waals surface area (Å²) < 4.78 is 16.0. The van der Waals surface area contributed by atoms with E-state index >= 15 is 0 Å². The molecule has 0 aliphatic carbocycles. The lowest BCUT2D eigenvalue weighted by atomic mass is 10.2. The first kappa shape index (κ1) is 14.3. The molecule has 0 radical (unpaired) electrons. The number of methoxy groups -OCH3 is 2. The van der Waals surface area contributed by atoms with Crippen LogP contribution in [0.4, 0.5) is 0 Å². The lowest BCUT2D eigenvalue weighted by Crippen LogP contribution is -2.16. The van der Waals surface area contributed by atoms with Gasteiger partial charge in [0.15, 0.2) is 0 Å². The van der Waals surface area contributed by atoms with E-state index in [1.54, 1.807) is 26.4 Å². The van der Waals surface area contributed by atoms with Crippen LogP contribution in [0.15, 0.2) is 22.7 Å². The van der Waals surface area contributed by atoms with Crippen molar-refractivity contribution in [1.82, 2.24) is 15.5 Å². The maximum Gasteiger partial charge on any atom is 0.244 e. The maximum atomic E-state index is 5.96. The molecule has 1 saturated heterocycles. The zero-order valence-corrected chi connectivity index (χ0v) is 12.6. The number of benzene rings is 1. The fraction of sp³-hybridized carbons (Fsp3) is 0.429. The van der Waals surface area contributed by atoms with Crippen molar-refractivity contribution >= 4 is 11.6 Å². The highest BCUT2D eigenvalue weighted by Crippen LogP contribution is 2.32. The Hall–Kier alpha value is -1.63. The van der Waals surface area contributed by atoms with E-state index in [-0.39, 0.29) is 12.1 Å². The highest BCUT2D eigenvalue weighted by molar-refractivity contribution is 6.30. The molecule has 3 rings (SSSR count). The monoisotopic (exact) mass is 309 g/mol. The smallest absolute Gasteiger partial charge is 0.244 e. The molecule has 6 nitrogen and oxygen atoms in total. The Bertz CT molecular complexity index is 632. The molecule has 2 atom stereocenters. The third-order valence-electron chi connectivity index (χ3n) is 3.57. The van der Waals surface area contributed by atoms with Gasteiger partial charge in [-0.25, -0.2) is 0 Å². The zero-order valence-electron chi connectivity index (χ0n) is 11.8. The van der Waals surface area contributed by atoms with Crippen molar-refractivity contribution in [2.75, 3.05) is 20.8 Å². The van der Waals surface area contributed by atoms with Gasteiger partial charge in [-0.1, -0.05) is 16.8 Å². The van der Waals surface area contributed by atoms with Crippen LogP contribution in [0.1, 0.15) is 18.4 Å². The summed E-state index contributed by atoms with van der Waals surface area (Å²) in [5.74, 6) is 1.66. The molecular weight excluding hydrogens is 294 g/mol. The van der Waals surface area contributed by atoms with Crippen LogP contribution in [0.25, 0.3) is 11.4 Å². The number of nitrogens with zero attached hydrogens (tertiary/aromatic N) is 2. The van der Waals surface area contributed by atoms with Crippen LogP contribution >= 0.6 is 11.6 Å². The topological polar surface area (TPSA) is 69.4 Å². The van der Waals surface area contributed by atoms with E-state index in [4.69, 9.17) is 25.6 Å². The largest absolute Gasteiger partial charge is 0.496 e. The van der Waals surface area contributed by atoms with Crippen molar-refractivity contribution in [2.24, 2.45) is 0 Å². The Kier molecular flexibility index (Phi) is 4.10. The lowest BCUT2D eigenvalue weighted by Gasteiger charge is -2.05. The molecule has 0 unspecified atom stereocenters. The van der Waals surface area contributed by atoms with Gasteiger partial charge in [-0.05, 0) is 24.6 Å². The second-order valence-electron chi connectivity index (χ2n) is 4.86. The molecule has 0 saturated carbocycles. The maximum absolute atomic E-state index is 5.96. The quantitative estimate of drug-likeness (QED) is 0.935. The third kappa shape index (κ3) is 2.88. The molecule has 1 aromatic heterocycles. The Labute approximate surface area is 127 Å². The van der Waals surface area contributed by atoms with Gasteiger partial charge in [0, 0.05) is 18.7 Å². The molecule has 2 aromatic rings. The summed E-state index contributed by atoms with van der Waals surface area (Å²) in [5, 5.41) is 7.93. The fourth-order valence-electron chi connectivity index (χ4n) is 2.41. The van der Waals surface area contributed by atoms with Crippen molar-refractivity contribution in [2.45, 2.75) is 18.6 Å². The van der Waals surface area contributed by atoms with Gasteiger partial charge in [0.25, 0.3) is 0 Å². The lowest BCUT2D eigenvalue weighted by molar-refractivity contribution is 0.116. The van der Waals surface area contributed by atoms with Crippen LogP contribution in [0, 0.1) is 0 Å². The SMILES string of the molecule is COc1cc(Cl)ccc1-c1noc([C@H]2C[C@H](OC)CN2)n1. The van der Waals surface area contributed by atoms with E-state index in [9.17, 15) is 0 Å². The van der Waals surface area contributed by atoms with Gasteiger partial charge in [-0.3, -0.25) is 0 Å². The van der Waals surface area contributed by atoms with E-state index in [0.29, 0.717) is 22.5 Å². The Morgan fingerprint density at radius 3 is 2.95 bits per heavy atom. The number of halogens is 1. The first-order chi connectivity index (χ1) is 10.2. The average Bonchev–Trinajstić information content (AvgIpc) is 3.15. The summed E-state index contributed by atoms with van der Waals surface area (Å²) >= 11 is 5.96. The van der Waals surface area contributed by atoms with Gasteiger partial charge in [0.1, 0.15) is 5.75 Å². The molecule has 0 bridgehead atoms. The number of ether oxygens (including phenoxy) is 2. The summed E-state index contributed by atoms with van der Waals surface area (Å²) in [6.07, 6.45) is 0.992. The van der Waals surface area contributed by atoms with Crippen LogP contribution in [-0.2, 0) is 4.74 Å². The molecule has 1 fully saturated rings. The first-order valence-electron chi connectivity index (χ1n) is 6.65. The highest BCUT2D eigenvalue weighted by Gasteiger charge is 2.29. The fourth-order valence-corrected chi connectivity index (χ4v) is 2.57. The van der Waals surface area contributed by atoms with Gasteiger partial charge < -0.3 is 19.3 Å². The van der Waals surface area contributed by atoms with Crippen molar-refractivity contribution in [3.05, 3.63) is 29.1 Å². The summed E-state index contributed by atoms with van der Waals surface area (Å²) in [6.45, 7) is 0.781. The minimum Gasteiger partial charge on any atom is -0.496 e. The second kappa shape index (κ2) is 6.01. The molecule has 2 heterocycles. The molecule has 1 aromatic carbocycles. The average molecular weight is 310 g/mol. The van der Waals surface area contributed by atoms with Crippen LogP contribution < -0.4 is 10.1 Å². The molecule has 1 aliphatic heterocycles. The molecule has 0 spiro atoms. The highest BCUT2D eigenvalue weighted by atomic mass is 35.5. The van der Waals surface area contributed by atoms with Gasteiger partial charge in [-0.15, -0.1) is 0 Å². The van der Waals surface area contributed by atoms with Crippen LogP contribution in [0.3, 0.4) is 0 Å². The number of aromatic nitrogens is 2. The predicted molar refractivity (Wildman–Crippen MR) is 77.5 cm³/mol. The number of nitrogens with one attached hydrogen (secondary N) is 1. The summed E-state index contributed by atoms with van der Waals surface area (Å²) in [5.41, 5.74) is 0.748. The van der Waals surface area contributed by atoms with E-state index in [2.05, 4.69) is 15.5 Å². The molecule has 1 aliphatic rings. The van der Waals surface area contributed by atoms with E-state index in [0.717, 1.165) is 18.5 Å². The van der Waals surface area contributed by atoms with Gasteiger partial charge >= 0.3 is 0 Å². The minimum atomic E-state index is 0.0227. The third-order valence-corrected chi connectivity index (χ3v) is 3.80. The number of hydrogen-bond acceptors (Lipinski definition) is 6. The standard InChI is InChI=1S/C14H16ClN3O3/c1-19-9-6-11(16-7-9)14-17-13(18-21-14)10-4-3-8(15)5-12(10)20-2/h3-5,9,11,16H,6-7H2,1-2H3/t9-,11+/m0/s1. The predicted octanol–water partition coefficient (Wildman–Crippen LogP) is 2.45. The van der Waals surface area contributed by atoms with Crippen LogP contribution in [0.2, 0.25) is 5.02 Å². The molecule has 112 valence electrons. The Morgan fingerprint density at radius 1 is 1.38 bits per heavy atom. The van der Waals surface area contributed by atoms with E-state index < -0.39 is 0 Å². The van der Waals surface area contributed by atoms with Gasteiger partial charge in [-0.2, -0.15) is 4.98 Å². The minimum absolute atomic E-state index is 0.0227. The normalized spacial score (nSPS) is 21.7. The van der Waals surface area contributed by atoms with Crippen LogP contribution in [0.5, 0.6) is 5.75 Å². The van der Waals surface area contributed by atoms with Crippen LogP contribution in [-0.4, -0.2) is 37.0 Å². The van der Waals surface area contributed by atoms with E-state index in [1.165, 1.54) is 0 Å². The van der Waals surface area contributed by atoms with Crippen molar-refractivity contribution in [3.63, 3.8) is 0 Å². The van der Waals surface area contributed by atoms with Gasteiger partial charge in [0.2, 0.25) is 11.7 Å². The molecule has 0 amide bonds. The molecule has 21 heavy (non-hydrogen) atoms. The summed E-state index contributed by atoms with van der Waals surface area (Å²) in [4.78, 5) is 4.45. The number of hydrogen-bond donors (Lipinski definition) is 1. The Balaban J connectivity index is 1.85. The summed E-state index contributed by atoms with van der Waals surface area (Å²) in [7, 11) is 3.28. The summed E-state index contributed by atoms with van der Waals surface area (Å²) in [6, 6.07) is 5.33. The molecule has 7 heteroatoms. The van der Waals surface area contributed by atoms with E-state index in [1.807, 2.05) is 6.07 Å². The van der Waals surface area contributed by atoms with Crippen molar-refractivity contribution in [3.8, 4) is 17.1 Å². The second-order valence-corrected chi connectivity index (χ2v) is 5.29. The molecular formula is C14H16ClN3O3. The first-order valence-corrected chi connectivity index (χ1v) is 7.02. The van der Waals surface area contributed by atoms with Crippen molar-refractivity contribution in [1.29, 1.82) is 0 Å². The van der Waals surface area contributed by atoms with Crippen molar-refractivity contribution < 1.29 is 14.0 Å². The number of rotatable bonds is 4. The van der Waals surface area contributed by atoms with Gasteiger partial charge in [0.05, 0.1) is 24.8 Å². The Morgan fingerprint density at radius 2 is 2.24 bits per heavy atom.